The zero-order valence-corrected chi connectivity index (χ0v) is 17.6. The summed E-state index contributed by atoms with van der Waals surface area (Å²) in [5, 5.41) is 3.97. The van der Waals surface area contributed by atoms with E-state index in [4.69, 9.17) is 9.47 Å². The van der Waals surface area contributed by atoms with Gasteiger partial charge >= 0.3 is 5.97 Å². The molecule has 9 heteroatoms. The lowest BCUT2D eigenvalue weighted by Crippen LogP contribution is -2.28. The molecule has 1 N–H and O–H groups in total. The summed E-state index contributed by atoms with van der Waals surface area (Å²) in [5.41, 5.74) is 2.87. The number of methoxy groups -OCH3 is 3. The number of nitrogens with zero attached hydrogens (tertiary/aromatic N) is 1. The van der Waals surface area contributed by atoms with Crippen molar-refractivity contribution in [1.29, 1.82) is 0 Å². The maximum atomic E-state index is 12.8. The van der Waals surface area contributed by atoms with Crippen LogP contribution in [0.1, 0.15) is 16.8 Å². The number of hydrazone groups is 1. The van der Waals surface area contributed by atoms with Gasteiger partial charge in [-0.3, -0.25) is 19.8 Å². The number of rotatable bonds is 9. The van der Waals surface area contributed by atoms with Crippen LogP contribution in [-0.4, -0.2) is 44.6 Å². The van der Waals surface area contributed by atoms with E-state index in [0.29, 0.717) is 17.2 Å². The number of ketones is 2. The Kier molecular flexibility index (Phi) is 7.90. The fourth-order valence-corrected chi connectivity index (χ4v) is 2.54. The number of hydrogen-bond donors (Lipinski definition) is 1. The van der Waals surface area contributed by atoms with Crippen LogP contribution in [0.15, 0.2) is 52.0 Å². The van der Waals surface area contributed by atoms with E-state index in [-0.39, 0.29) is 5.56 Å². The van der Waals surface area contributed by atoms with Crippen molar-refractivity contribution in [1.82, 2.24) is 0 Å². The van der Waals surface area contributed by atoms with Gasteiger partial charge in [-0.15, -0.1) is 0 Å². The van der Waals surface area contributed by atoms with Gasteiger partial charge in [0.1, 0.15) is 17.9 Å². The fourth-order valence-electron chi connectivity index (χ4n) is 2.27. The second kappa shape index (κ2) is 10.4. The average molecular weight is 463 g/mol. The first kappa shape index (κ1) is 22.1. The number of ether oxygens (including phenoxy) is 3. The molecule has 0 atom stereocenters. The zero-order valence-electron chi connectivity index (χ0n) is 16.0. The van der Waals surface area contributed by atoms with Crippen molar-refractivity contribution in [2.45, 2.75) is 6.42 Å². The standard InChI is InChI=1S/C20H19BrN2O6/c1-27-14-8-9-15(17(10-14)28-2)22-23-19(16(24)11-18(25)29-3)20(26)12-4-6-13(21)7-5-12/h4-10,22H,11H2,1-3H3/b23-19+. The SMILES string of the molecule is COC(=O)CC(=O)/C(=N\Nc1ccc(OC)cc1OC)C(=O)c1ccc(Br)cc1. The first-order valence-electron chi connectivity index (χ1n) is 8.35. The van der Waals surface area contributed by atoms with Crippen LogP contribution in [0.3, 0.4) is 0 Å². The summed E-state index contributed by atoms with van der Waals surface area (Å²) in [6.07, 6.45) is -0.612. The number of halogens is 1. The molecule has 152 valence electrons. The van der Waals surface area contributed by atoms with Crippen LogP contribution < -0.4 is 14.9 Å². The van der Waals surface area contributed by atoms with Gasteiger partial charge in [-0.1, -0.05) is 15.9 Å². The monoisotopic (exact) mass is 462 g/mol. The average Bonchev–Trinajstić information content (AvgIpc) is 2.74. The molecule has 0 fully saturated rings. The molecule has 0 aliphatic rings. The molecule has 0 spiro atoms. The van der Waals surface area contributed by atoms with Crippen molar-refractivity contribution in [3.8, 4) is 11.5 Å². The van der Waals surface area contributed by atoms with E-state index in [2.05, 4.69) is 31.2 Å². The van der Waals surface area contributed by atoms with Crippen molar-refractivity contribution < 1.29 is 28.6 Å². The van der Waals surface area contributed by atoms with Crippen LogP contribution in [0.25, 0.3) is 0 Å². The Morgan fingerprint density at radius 1 is 1.00 bits per heavy atom. The van der Waals surface area contributed by atoms with Crippen LogP contribution in [0, 0.1) is 0 Å². The van der Waals surface area contributed by atoms with Gasteiger partial charge in [-0.25, -0.2) is 0 Å². The second-order valence-electron chi connectivity index (χ2n) is 5.65. The molecule has 2 rings (SSSR count). The highest BCUT2D eigenvalue weighted by Crippen LogP contribution is 2.29. The number of hydrogen-bond acceptors (Lipinski definition) is 8. The minimum Gasteiger partial charge on any atom is -0.497 e. The van der Waals surface area contributed by atoms with E-state index >= 15 is 0 Å². The van der Waals surface area contributed by atoms with Crippen LogP contribution in [0.2, 0.25) is 0 Å². The summed E-state index contributed by atoms with van der Waals surface area (Å²) in [6, 6.07) is 11.3. The third kappa shape index (κ3) is 5.89. The predicted molar refractivity (Wildman–Crippen MR) is 111 cm³/mol. The fraction of sp³-hybridized carbons (Fsp3) is 0.200. The molecule has 0 aliphatic carbocycles. The topological polar surface area (TPSA) is 103 Å². The largest absolute Gasteiger partial charge is 0.497 e. The number of esters is 1. The highest BCUT2D eigenvalue weighted by atomic mass is 79.9. The molecule has 0 amide bonds. The quantitative estimate of drug-likeness (QED) is 0.200. The minimum absolute atomic E-state index is 0.244. The van der Waals surface area contributed by atoms with Gasteiger partial charge in [-0.05, 0) is 36.4 Å². The molecule has 0 radical (unpaired) electrons. The smallest absolute Gasteiger partial charge is 0.313 e. The van der Waals surface area contributed by atoms with E-state index in [1.165, 1.54) is 14.2 Å². The first-order chi connectivity index (χ1) is 13.9. The lowest BCUT2D eigenvalue weighted by Gasteiger charge is -2.11. The van der Waals surface area contributed by atoms with Gasteiger partial charge in [-0.2, -0.15) is 5.10 Å². The molecule has 0 saturated heterocycles. The van der Waals surface area contributed by atoms with E-state index in [0.717, 1.165) is 11.6 Å². The van der Waals surface area contributed by atoms with Crippen molar-refractivity contribution in [3.05, 3.63) is 52.5 Å². The summed E-state index contributed by atoms with van der Waals surface area (Å²) >= 11 is 3.29. The molecule has 0 heterocycles. The summed E-state index contributed by atoms with van der Waals surface area (Å²) in [5.74, 6) is -1.22. The Labute approximate surface area is 176 Å². The van der Waals surface area contributed by atoms with Gasteiger partial charge in [0, 0.05) is 16.1 Å². The lowest BCUT2D eigenvalue weighted by molar-refractivity contribution is -0.142. The van der Waals surface area contributed by atoms with Gasteiger partial charge in [0.15, 0.2) is 11.5 Å². The minimum atomic E-state index is -0.773. The van der Waals surface area contributed by atoms with Crippen molar-refractivity contribution >= 4 is 44.9 Å². The van der Waals surface area contributed by atoms with E-state index < -0.39 is 29.7 Å². The number of Topliss-reactive ketones (excluding diaryl/α,β-unsaturated/α-hetero) is 2. The number of anilines is 1. The van der Waals surface area contributed by atoms with Crippen molar-refractivity contribution in [2.24, 2.45) is 5.10 Å². The summed E-state index contributed by atoms with van der Waals surface area (Å²) < 4.78 is 15.7. The molecule has 0 unspecified atom stereocenters. The molecule has 0 saturated carbocycles. The second-order valence-corrected chi connectivity index (χ2v) is 6.57. The maximum absolute atomic E-state index is 12.8. The predicted octanol–water partition coefficient (Wildman–Crippen LogP) is 3.25. The summed E-state index contributed by atoms with van der Waals surface area (Å²) in [4.78, 5) is 36.9. The number of nitrogens with one attached hydrogen (secondary N) is 1. The van der Waals surface area contributed by atoms with E-state index in [1.54, 1.807) is 42.5 Å². The normalized spacial score (nSPS) is 10.8. The molecule has 8 nitrogen and oxygen atoms in total. The van der Waals surface area contributed by atoms with Crippen molar-refractivity contribution in [3.63, 3.8) is 0 Å². The highest BCUT2D eigenvalue weighted by molar-refractivity contribution is 9.10. The van der Waals surface area contributed by atoms with E-state index in [9.17, 15) is 14.4 Å². The number of carbonyl (C=O) groups is 3. The van der Waals surface area contributed by atoms with Crippen LogP contribution in [-0.2, 0) is 14.3 Å². The van der Waals surface area contributed by atoms with Gasteiger partial charge in [0.05, 0.1) is 27.0 Å². The van der Waals surface area contributed by atoms with Crippen LogP contribution >= 0.6 is 15.9 Å². The Hall–Kier alpha value is -3.20. The first-order valence-corrected chi connectivity index (χ1v) is 9.15. The van der Waals surface area contributed by atoms with Gasteiger partial charge < -0.3 is 14.2 Å². The molecule has 0 bridgehead atoms. The maximum Gasteiger partial charge on any atom is 0.313 e. The Morgan fingerprint density at radius 2 is 1.69 bits per heavy atom. The highest BCUT2D eigenvalue weighted by Gasteiger charge is 2.25. The van der Waals surface area contributed by atoms with Gasteiger partial charge in [0.25, 0.3) is 0 Å². The van der Waals surface area contributed by atoms with Crippen LogP contribution in [0.5, 0.6) is 11.5 Å². The molecule has 29 heavy (non-hydrogen) atoms. The molecule has 2 aromatic carbocycles. The number of benzene rings is 2. The molecule has 2 aromatic rings. The summed E-state index contributed by atoms with van der Waals surface area (Å²) in [6.45, 7) is 0. The zero-order chi connectivity index (χ0) is 21.4. The third-order valence-electron chi connectivity index (χ3n) is 3.82. The van der Waals surface area contributed by atoms with Crippen LogP contribution in [0.4, 0.5) is 5.69 Å². The van der Waals surface area contributed by atoms with E-state index in [1.807, 2.05) is 0 Å². The Balaban J connectivity index is 2.38. The molecule has 0 aromatic heterocycles. The van der Waals surface area contributed by atoms with Crippen molar-refractivity contribution in [2.75, 3.05) is 26.8 Å². The van der Waals surface area contributed by atoms with Gasteiger partial charge in [0.2, 0.25) is 5.78 Å². The molecular weight excluding hydrogens is 444 g/mol. The Morgan fingerprint density at radius 3 is 2.28 bits per heavy atom. The number of carbonyl (C=O) groups excluding carboxylic acids is 3. The lowest BCUT2D eigenvalue weighted by atomic mass is 10.0. The third-order valence-corrected chi connectivity index (χ3v) is 4.34. The Bertz CT molecular complexity index is 940. The molecule has 0 aliphatic heterocycles. The molecular formula is C20H19BrN2O6. The summed E-state index contributed by atoms with van der Waals surface area (Å²) in [7, 11) is 4.13.